The van der Waals surface area contributed by atoms with Crippen LogP contribution in [0.25, 0.3) is 0 Å². The van der Waals surface area contributed by atoms with Crippen LogP contribution < -0.4 is 0 Å². The van der Waals surface area contributed by atoms with Crippen LogP contribution in [0.15, 0.2) is 16.6 Å². The Morgan fingerprint density at radius 2 is 2.07 bits per heavy atom. The summed E-state index contributed by atoms with van der Waals surface area (Å²) in [5, 5.41) is -0.0509. The van der Waals surface area contributed by atoms with Gasteiger partial charge in [0.1, 0.15) is 0 Å². The van der Waals surface area contributed by atoms with Crippen LogP contribution in [0.1, 0.15) is 29.3 Å². The van der Waals surface area contributed by atoms with Crippen LogP contribution in [0.5, 0.6) is 0 Å². The summed E-state index contributed by atoms with van der Waals surface area (Å²) in [4.78, 5) is 11.0. The number of carbonyl (C=O) groups is 1. The van der Waals surface area contributed by atoms with Gasteiger partial charge in [-0.05, 0) is 35.0 Å². The summed E-state index contributed by atoms with van der Waals surface area (Å²) in [5.74, 6) is -0.274. The molecule has 0 N–H and O–H groups in total. The van der Waals surface area contributed by atoms with Gasteiger partial charge in [0.25, 0.3) is 6.43 Å². The van der Waals surface area contributed by atoms with E-state index in [1.807, 2.05) is 0 Å². The lowest BCUT2D eigenvalue weighted by Gasteiger charge is -2.07. The Balaban J connectivity index is 3.35. The SMILES string of the molecule is CC(=O)c1cc(Br)c(Cl)c(C(F)F)c1. The number of hydrogen-bond donors (Lipinski definition) is 0. The molecular formula is C9H6BrClF2O. The maximum atomic E-state index is 12.4. The maximum absolute atomic E-state index is 12.4. The fraction of sp³-hybridized carbons (Fsp3) is 0.222. The molecule has 0 atom stereocenters. The van der Waals surface area contributed by atoms with E-state index in [0.29, 0.717) is 4.47 Å². The first-order valence-corrected chi connectivity index (χ1v) is 4.88. The van der Waals surface area contributed by atoms with Gasteiger partial charge < -0.3 is 0 Å². The molecular weight excluding hydrogens is 277 g/mol. The molecule has 1 nitrogen and oxygen atoms in total. The largest absolute Gasteiger partial charge is 0.295 e. The minimum Gasteiger partial charge on any atom is -0.295 e. The standard InChI is InChI=1S/C9H6BrClF2O/c1-4(14)5-2-6(9(12)13)8(11)7(10)3-5/h2-3,9H,1H3. The third-order valence-corrected chi connectivity index (χ3v) is 2.97. The molecule has 0 heterocycles. The van der Waals surface area contributed by atoms with Gasteiger partial charge in [0.15, 0.2) is 5.78 Å². The van der Waals surface area contributed by atoms with Gasteiger partial charge in [-0.3, -0.25) is 4.79 Å². The molecule has 14 heavy (non-hydrogen) atoms. The highest BCUT2D eigenvalue weighted by atomic mass is 79.9. The predicted molar refractivity (Wildman–Crippen MR) is 54.1 cm³/mol. The lowest BCUT2D eigenvalue weighted by molar-refractivity contribution is 0.101. The predicted octanol–water partition coefficient (Wildman–Crippen LogP) is 4.24. The van der Waals surface area contributed by atoms with Gasteiger partial charge in [-0.15, -0.1) is 0 Å². The lowest BCUT2D eigenvalue weighted by Crippen LogP contribution is -1.96. The normalized spacial score (nSPS) is 10.7. The fourth-order valence-corrected chi connectivity index (χ4v) is 1.64. The first kappa shape index (κ1) is 11.6. The second kappa shape index (κ2) is 4.36. The number of Topliss-reactive ketones (excluding diaryl/α,β-unsaturated/α-hetero) is 1. The van der Waals surface area contributed by atoms with Gasteiger partial charge in [-0.2, -0.15) is 0 Å². The van der Waals surface area contributed by atoms with Crippen molar-refractivity contribution >= 4 is 33.3 Å². The second-order valence-electron chi connectivity index (χ2n) is 2.72. The summed E-state index contributed by atoms with van der Waals surface area (Å²) in [7, 11) is 0. The summed E-state index contributed by atoms with van der Waals surface area (Å²) in [6.07, 6.45) is -2.68. The Morgan fingerprint density at radius 3 is 2.50 bits per heavy atom. The van der Waals surface area contributed by atoms with E-state index < -0.39 is 6.43 Å². The molecule has 0 fully saturated rings. The molecule has 0 aliphatic heterocycles. The van der Waals surface area contributed by atoms with Gasteiger partial charge >= 0.3 is 0 Å². The molecule has 1 aromatic rings. The van der Waals surface area contributed by atoms with Crippen molar-refractivity contribution in [2.75, 3.05) is 0 Å². The summed E-state index contributed by atoms with van der Waals surface area (Å²) >= 11 is 8.64. The van der Waals surface area contributed by atoms with Crippen LogP contribution in [-0.4, -0.2) is 5.78 Å². The molecule has 0 aliphatic carbocycles. The molecule has 0 aliphatic rings. The highest BCUT2D eigenvalue weighted by Crippen LogP contribution is 2.34. The van der Waals surface area contributed by atoms with Crippen LogP contribution in [0.4, 0.5) is 8.78 Å². The zero-order valence-corrected chi connectivity index (χ0v) is 9.49. The van der Waals surface area contributed by atoms with Crippen molar-refractivity contribution in [2.45, 2.75) is 13.3 Å². The fourth-order valence-electron chi connectivity index (χ4n) is 0.972. The van der Waals surface area contributed by atoms with Crippen molar-refractivity contribution in [3.63, 3.8) is 0 Å². The monoisotopic (exact) mass is 282 g/mol. The number of carbonyl (C=O) groups excluding carboxylic acids is 1. The van der Waals surface area contributed by atoms with Crippen LogP contribution in [0, 0.1) is 0 Å². The molecule has 0 bridgehead atoms. The molecule has 0 saturated carbocycles. The number of hydrogen-bond acceptors (Lipinski definition) is 1. The first-order valence-electron chi connectivity index (χ1n) is 3.71. The van der Waals surface area contributed by atoms with Gasteiger partial charge in [0.05, 0.1) is 5.02 Å². The maximum Gasteiger partial charge on any atom is 0.265 e. The molecule has 0 radical (unpaired) electrons. The molecule has 0 saturated heterocycles. The molecule has 0 unspecified atom stereocenters. The number of alkyl halides is 2. The van der Waals surface area contributed by atoms with E-state index >= 15 is 0 Å². The molecule has 1 aromatic carbocycles. The van der Waals surface area contributed by atoms with Crippen molar-refractivity contribution < 1.29 is 13.6 Å². The molecule has 5 heteroatoms. The van der Waals surface area contributed by atoms with Gasteiger partial charge in [-0.1, -0.05) is 11.6 Å². The molecule has 76 valence electrons. The van der Waals surface area contributed by atoms with Crippen molar-refractivity contribution in [3.8, 4) is 0 Å². The second-order valence-corrected chi connectivity index (χ2v) is 3.95. The van der Waals surface area contributed by atoms with Gasteiger partial charge in [0, 0.05) is 15.6 Å². The Bertz CT molecular complexity index is 379. The molecule has 1 rings (SSSR count). The average Bonchev–Trinajstić information content (AvgIpc) is 2.08. The van der Waals surface area contributed by atoms with E-state index in [9.17, 15) is 13.6 Å². The van der Waals surface area contributed by atoms with E-state index in [4.69, 9.17) is 11.6 Å². The van der Waals surface area contributed by atoms with Crippen molar-refractivity contribution in [2.24, 2.45) is 0 Å². The zero-order valence-electron chi connectivity index (χ0n) is 7.15. The topological polar surface area (TPSA) is 17.1 Å². The van der Waals surface area contributed by atoms with Crippen molar-refractivity contribution in [3.05, 3.63) is 32.8 Å². The number of ketones is 1. The molecule has 0 spiro atoms. The van der Waals surface area contributed by atoms with Gasteiger partial charge in [0.2, 0.25) is 0 Å². The van der Waals surface area contributed by atoms with E-state index in [1.165, 1.54) is 13.0 Å². The van der Waals surface area contributed by atoms with Crippen molar-refractivity contribution in [1.82, 2.24) is 0 Å². The van der Waals surface area contributed by atoms with Crippen molar-refractivity contribution in [1.29, 1.82) is 0 Å². The Morgan fingerprint density at radius 1 is 1.50 bits per heavy atom. The summed E-state index contributed by atoms with van der Waals surface area (Å²) < 4.78 is 25.2. The number of benzene rings is 1. The van der Waals surface area contributed by atoms with E-state index in [0.717, 1.165) is 6.07 Å². The highest BCUT2D eigenvalue weighted by molar-refractivity contribution is 9.10. The van der Waals surface area contributed by atoms with E-state index in [2.05, 4.69) is 15.9 Å². The van der Waals surface area contributed by atoms with Crippen LogP contribution >= 0.6 is 27.5 Å². The quantitative estimate of drug-likeness (QED) is 0.742. The van der Waals surface area contributed by atoms with Crippen LogP contribution in [-0.2, 0) is 0 Å². The first-order chi connectivity index (χ1) is 6.43. The summed E-state index contributed by atoms with van der Waals surface area (Å²) in [6, 6.07) is 2.54. The zero-order chi connectivity index (χ0) is 10.9. The highest BCUT2D eigenvalue weighted by Gasteiger charge is 2.16. The van der Waals surface area contributed by atoms with Crippen LogP contribution in [0.3, 0.4) is 0 Å². The summed E-state index contributed by atoms with van der Waals surface area (Å²) in [5.41, 5.74) is -0.109. The average molecular weight is 283 g/mol. The molecule has 0 aromatic heterocycles. The summed E-state index contributed by atoms with van der Waals surface area (Å²) in [6.45, 7) is 1.31. The van der Waals surface area contributed by atoms with Crippen LogP contribution in [0.2, 0.25) is 5.02 Å². The molecule has 0 amide bonds. The minimum atomic E-state index is -2.68. The number of rotatable bonds is 2. The van der Waals surface area contributed by atoms with E-state index in [1.54, 1.807) is 0 Å². The van der Waals surface area contributed by atoms with E-state index in [-0.39, 0.29) is 21.9 Å². The smallest absolute Gasteiger partial charge is 0.265 e. The Hall–Kier alpha value is -0.480. The Labute approximate surface area is 93.2 Å². The minimum absolute atomic E-state index is 0.0509. The van der Waals surface area contributed by atoms with Gasteiger partial charge in [-0.25, -0.2) is 8.78 Å². The third kappa shape index (κ3) is 2.30. The number of halogens is 4. The Kier molecular flexibility index (Phi) is 3.61. The lowest BCUT2D eigenvalue weighted by atomic mass is 10.1. The third-order valence-electron chi connectivity index (χ3n) is 1.70.